The highest BCUT2D eigenvalue weighted by Crippen LogP contribution is 2.18. The smallest absolute Gasteiger partial charge is 0.328 e. The molecule has 0 radical (unpaired) electrons. The van der Waals surface area contributed by atoms with Gasteiger partial charge in [0.15, 0.2) is 0 Å². The first-order valence-electron chi connectivity index (χ1n) is 6.47. The van der Waals surface area contributed by atoms with Gasteiger partial charge in [-0.2, -0.15) is 0 Å². The summed E-state index contributed by atoms with van der Waals surface area (Å²) >= 11 is 0. The molecule has 2 amide bonds. The minimum Gasteiger partial charge on any atom is -0.480 e. The zero-order chi connectivity index (χ0) is 14.4. The van der Waals surface area contributed by atoms with Crippen LogP contribution in [0, 0.1) is 0 Å². The van der Waals surface area contributed by atoms with Crippen molar-refractivity contribution in [3.05, 3.63) is 0 Å². The molecule has 2 N–H and O–H groups in total. The zero-order valence-electron chi connectivity index (χ0n) is 11.2. The van der Waals surface area contributed by atoms with Gasteiger partial charge in [0.05, 0.1) is 6.61 Å². The van der Waals surface area contributed by atoms with Crippen LogP contribution in [0.1, 0.15) is 33.1 Å². The monoisotopic (exact) mass is 272 g/mol. The maximum absolute atomic E-state index is 12.0. The number of hydrogen-bond acceptors (Lipinski definition) is 4. The average Bonchev–Trinajstić information content (AvgIpc) is 2.84. The number of carbonyl (C=O) groups excluding carboxylic acids is 2. The van der Waals surface area contributed by atoms with Gasteiger partial charge in [-0.25, -0.2) is 14.4 Å². The number of hydrogen-bond donors (Lipinski definition) is 2. The van der Waals surface area contributed by atoms with Crippen LogP contribution in [-0.4, -0.2) is 53.2 Å². The number of carbonyl (C=O) groups is 3. The van der Waals surface area contributed by atoms with Crippen LogP contribution in [0.4, 0.5) is 4.79 Å². The summed E-state index contributed by atoms with van der Waals surface area (Å²) in [5, 5.41) is 11.3. The highest BCUT2D eigenvalue weighted by atomic mass is 16.5. The Morgan fingerprint density at radius 2 is 2.11 bits per heavy atom. The van der Waals surface area contributed by atoms with Crippen LogP contribution < -0.4 is 5.32 Å². The fourth-order valence-electron chi connectivity index (χ4n) is 2.06. The van der Waals surface area contributed by atoms with Crippen molar-refractivity contribution in [3.8, 4) is 0 Å². The molecule has 1 saturated heterocycles. The maximum Gasteiger partial charge on any atom is 0.328 e. The number of esters is 1. The Kier molecular flexibility index (Phi) is 5.59. The molecule has 1 fully saturated rings. The Morgan fingerprint density at radius 1 is 1.42 bits per heavy atom. The lowest BCUT2D eigenvalue weighted by Gasteiger charge is -2.25. The van der Waals surface area contributed by atoms with Gasteiger partial charge in [-0.05, 0) is 26.2 Å². The first-order valence-corrected chi connectivity index (χ1v) is 6.47. The summed E-state index contributed by atoms with van der Waals surface area (Å²) < 4.78 is 4.91. The summed E-state index contributed by atoms with van der Waals surface area (Å²) in [5.74, 6) is -1.51. The molecule has 108 valence electrons. The number of likely N-dealkylation sites (tertiary alicyclic amines) is 1. The molecule has 1 heterocycles. The van der Waals surface area contributed by atoms with Crippen molar-refractivity contribution in [1.82, 2.24) is 10.2 Å². The lowest BCUT2D eigenvalue weighted by Crippen LogP contribution is -2.51. The fraction of sp³-hybridized carbons (Fsp3) is 0.750. The lowest BCUT2D eigenvalue weighted by molar-refractivity contribution is -0.147. The van der Waals surface area contributed by atoms with Gasteiger partial charge in [0, 0.05) is 6.54 Å². The van der Waals surface area contributed by atoms with Crippen molar-refractivity contribution in [1.29, 1.82) is 0 Å². The molecule has 0 spiro atoms. The van der Waals surface area contributed by atoms with Crippen LogP contribution >= 0.6 is 0 Å². The first-order chi connectivity index (χ1) is 9.01. The number of nitrogens with one attached hydrogen (secondary N) is 1. The van der Waals surface area contributed by atoms with Crippen LogP contribution in [0.25, 0.3) is 0 Å². The molecule has 7 heteroatoms. The molecule has 0 aliphatic carbocycles. The average molecular weight is 272 g/mol. The molecule has 1 rings (SSSR count). The molecule has 1 aliphatic heterocycles. The van der Waals surface area contributed by atoms with Crippen LogP contribution in [0.3, 0.4) is 0 Å². The van der Waals surface area contributed by atoms with Gasteiger partial charge >= 0.3 is 18.0 Å². The number of rotatable bonds is 5. The molecule has 1 aliphatic rings. The van der Waals surface area contributed by atoms with Gasteiger partial charge in [0.25, 0.3) is 0 Å². The number of carboxylic acid groups (broad SMARTS) is 1. The molecule has 0 bridgehead atoms. The van der Waals surface area contributed by atoms with E-state index in [0.29, 0.717) is 25.8 Å². The molecule has 0 aromatic heterocycles. The number of amides is 2. The van der Waals surface area contributed by atoms with E-state index < -0.39 is 30.1 Å². The quantitative estimate of drug-likeness (QED) is 0.714. The zero-order valence-corrected chi connectivity index (χ0v) is 11.2. The van der Waals surface area contributed by atoms with E-state index in [4.69, 9.17) is 9.84 Å². The normalized spacial score (nSPS) is 19.9. The second-order valence-electron chi connectivity index (χ2n) is 4.35. The summed E-state index contributed by atoms with van der Waals surface area (Å²) in [7, 11) is 0. The Hall–Kier alpha value is -1.79. The fourth-order valence-corrected chi connectivity index (χ4v) is 2.06. The van der Waals surface area contributed by atoms with E-state index in [0.717, 1.165) is 0 Å². The van der Waals surface area contributed by atoms with Gasteiger partial charge in [-0.3, -0.25) is 0 Å². The van der Waals surface area contributed by atoms with Gasteiger partial charge in [0.2, 0.25) is 0 Å². The minimum absolute atomic E-state index is 0.261. The molecule has 0 aromatic rings. The summed E-state index contributed by atoms with van der Waals surface area (Å²) in [4.78, 5) is 35.9. The third-order valence-electron chi connectivity index (χ3n) is 3.08. The largest absolute Gasteiger partial charge is 0.480 e. The molecule has 7 nitrogen and oxygen atoms in total. The Bertz CT molecular complexity index is 358. The first kappa shape index (κ1) is 15.3. The molecule has 0 aromatic carbocycles. The maximum atomic E-state index is 12.0. The van der Waals surface area contributed by atoms with Crippen molar-refractivity contribution >= 4 is 18.0 Å². The molecular formula is C12H20N2O5. The van der Waals surface area contributed by atoms with E-state index in [9.17, 15) is 14.4 Å². The topological polar surface area (TPSA) is 95.9 Å². The third kappa shape index (κ3) is 3.84. The second kappa shape index (κ2) is 6.96. The van der Waals surface area contributed by atoms with E-state index in [1.165, 1.54) is 4.90 Å². The summed E-state index contributed by atoms with van der Waals surface area (Å²) in [6.07, 6.45) is 1.55. The summed E-state index contributed by atoms with van der Waals surface area (Å²) in [5.41, 5.74) is 0. The van der Waals surface area contributed by atoms with Crippen molar-refractivity contribution in [2.45, 2.75) is 45.2 Å². The van der Waals surface area contributed by atoms with Crippen LogP contribution in [0.5, 0.6) is 0 Å². The van der Waals surface area contributed by atoms with Gasteiger partial charge in [-0.1, -0.05) is 6.92 Å². The summed E-state index contributed by atoms with van der Waals surface area (Å²) in [6.45, 7) is 4.07. The number of aliphatic carboxylic acids is 1. The predicted octanol–water partition coefficient (Wildman–Crippen LogP) is 0.587. The lowest BCUT2D eigenvalue weighted by atomic mass is 10.2. The van der Waals surface area contributed by atoms with Crippen molar-refractivity contribution < 1.29 is 24.2 Å². The highest BCUT2D eigenvalue weighted by molar-refractivity contribution is 5.87. The Morgan fingerprint density at radius 3 is 2.63 bits per heavy atom. The van der Waals surface area contributed by atoms with E-state index in [2.05, 4.69) is 5.32 Å². The van der Waals surface area contributed by atoms with E-state index in [1.54, 1.807) is 13.8 Å². The Balaban J connectivity index is 2.64. The second-order valence-corrected chi connectivity index (χ2v) is 4.35. The molecule has 1 unspecified atom stereocenters. The predicted molar refractivity (Wildman–Crippen MR) is 66.6 cm³/mol. The van der Waals surface area contributed by atoms with E-state index in [1.807, 2.05) is 0 Å². The van der Waals surface area contributed by atoms with Gasteiger partial charge in [-0.15, -0.1) is 0 Å². The number of ether oxygens (including phenoxy) is 1. The number of urea groups is 1. The molecule has 19 heavy (non-hydrogen) atoms. The van der Waals surface area contributed by atoms with E-state index >= 15 is 0 Å². The standard InChI is InChI=1S/C12H20N2O5/c1-3-8(10(15)16)13-12(18)14-7-5-6-9(14)11(17)19-4-2/h8-9H,3-7H2,1-2H3,(H,13,18)(H,15,16)/t8-,9?/m0/s1. The van der Waals surface area contributed by atoms with Gasteiger partial charge in [0.1, 0.15) is 12.1 Å². The molecular weight excluding hydrogens is 252 g/mol. The minimum atomic E-state index is -1.08. The number of carboxylic acids is 1. The van der Waals surface area contributed by atoms with Crippen molar-refractivity contribution in [3.63, 3.8) is 0 Å². The molecule has 0 saturated carbocycles. The SMILES string of the molecule is CCOC(=O)C1CCCN1C(=O)N[C@@H](CC)C(=O)O. The molecule has 2 atom stereocenters. The highest BCUT2D eigenvalue weighted by Gasteiger charge is 2.36. The number of nitrogens with zero attached hydrogens (tertiary/aromatic N) is 1. The van der Waals surface area contributed by atoms with Crippen LogP contribution in [0.15, 0.2) is 0 Å². The van der Waals surface area contributed by atoms with E-state index in [-0.39, 0.29) is 6.61 Å². The third-order valence-corrected chi connectivity index (χ3v) is 3.08. The van der Waals surface area contributed by atoms with Crippen LogP contribution in [-0.2, 0) is 14.3 Å². The summed E-state index contributed by atoms with van der Waals surface area (Å²) in [6, 6.07) is -2.06. The van der Waals surface area contributed by atoms with Gasteiger partial charge < -0.3 is 20.1 Å². The van der Waals surface area contributed by atoms with Crippen molar-refractivity contribution in [2.24, 2.45) is 0 Å². The Labute approximate surface area is 111 Å². The van der Waals surface area contributed by atoms with Crippen LogP contribution in [0.2, 0.25) is 0 Å². The van der Waals surface area contributed by atoms with Crippen molar-refractivity contribution in [2.75, 3.05) is 13.2 Å².